The molecule has 3 atom stereocenters. The van der Waals surface area contributed by atoms with Crippen LogP contribution in [0.2, 0.25) is 0 Å². The van der Waals surface area contributed by atoms with Gasteiger partial charge in [0.1, 0.15) is 24.1 Å². The third-order valence-electron chi connectivity index (χ3n) is 13.3. The van der Waals surface area contributed by atoms with Crippen LogP contribution in [0.4, 0.5) is 14.4 Å². The number of rotatable bonds is 3. The fraction of sp³-hybridized carbons (Fsp3) is 0.298. The Morgan fingerprint density at radius 2 is 1.05 bits per heavy atom. The van der Waals surface area contributed by atoms with E-state index in [0.29, 0.717) is 44.7 Å². The van der Waals surface area contributed by atoms with E-state index in [4.69, 9.17) is 5.11 Å². The number of imide groups is 2. The van der Waals surface area contributed by atoms with Gasteiger partial charge in [-0.05, 0) is 0 Å². The highest BCUT2D eigenvalue weighted by Gasteiger charge is 2.42. The van der Waals surface area contributed by atoms with Gasteiger partial charge in [-0.3, -0.25) is 81.1 Å². The summed E-state index contributed by atoms with van der Waals surface area (Å²) in [4.78, 5) is 201. The Labute approximate surface area is 500 Å². The number of nitrogens with zero attached hydrogens (tertiary/aromatic N) is 19. The summed E-state index contributed by atoms with van der Waals surface area (Å²) in [5, 5.41) is 29.3. The van der Waals surface area contributed by atoms with E-state index in [1.54, 1.807) is 44.4 Å². The van der Waals surface area contributed by atoms with Gasteiger partial charge in [-0.25, -0.2) is 73.5 Å². The number of carbonyl (C=O) groups is 5. The minimum atomic E-state index is -0.982. The van der Waals surface area contributed by atoms with Crippen LogP contribution in [0.5, 0.6) is 0 Å². The van der Waals surface area contributed by atoms with Crippen molar-refractivity contribution in [2.45, 2.75) is 24.9 Å². The van der Waals surface area contributed by atoms with Gasteiger partial charge in [-0.15, -0.1) is 0 Å². The number of aliphatic hydroxyl groups is 2. The predicted octanol–water partition coefficient (Wildman–Crippen LogP) is -8.72. The molecule has 44 nitrogen and oxygen atoms in total. The average molecular weight is 1270 g/mol. The summed E-state index contributed by atoms with van der Waals surface area (Å²) in [7, 11) is 13.9. The molecule has 0 radical (unpaired) electrons. The number of aryl methyl sites for hydroxylation is 6. The van der Waals surface area contributed by atoms with Crippen LogP contribution < -0.4 is 77.1 Å². The monoisotopic (exact) mass is 1260 g/mol. The molecule has 0 bridgehead atoms. The number of amides is 8. The van der Waals surface area contributed by atoms with Gasteiger partial charge in [-0.2, -0.15) is 4.99 Å². The van der Waals surface area contributed by atoms with E-state index in [0.717, 1.165) is 13.7 Å². The van der Waals surface area contributed by atoms with E-state index in [9.17, 15) is 72.2 Å². The van der Waals surface area contributed by atoms with Crippen LogP contribution in [0.1, 0.15) is 0 Å². The molecule has 10 aromatic heterocycles. The van der Waals surface area contributed by atoms with Crippen molar-refractivity contribution in [3.05, 3.63) is 132 Å². The second-order valence-corrected chi connectivity index (χ2v) is 19.3. The lowest BCUT2D eigenvalue weighted by Crippen LogP contribution is -2.64. The number of aliphatic hydroxyl groups excluding tert-OH is 2. The van der Waals surface area contributed by atoms with E-state index in [1.165, 1.54) is 95.3 Å². The number of H-pyrrole nitrogens is 4. The summed E-state index contributed by atoms with van der Waals surface area (Å²) < 4.78 is 13.0. The number of hydrogen-bond acceptors (Lipinski definition) is 24. The lowest BCUT2D eigenvalue weighted by atomic mass is 10.2. The quantitative estimate of drug-likeness (QED) is 0.0782. The van der Waals surface area contributed by atoms with Crippen LogP contribution in [-0.4, -0.2) is 178 Å². The second-order valence-electron chi connectivity index (χ2n) is 19.3. The van der Waals surface area contributed by atoms with Gasteiger partial charge >= 0.3 is 40.9 Å². The Hall–Kier alpha value is -12.8. The Kier molecular flexibility index (Phi) is 18.4. The van der Waals surface area contributed by atoms with Crippen LogP contribution in [-0.2, 0) is 79.6 Å². The molecule has 11 N–H and O–H groups in total. The molecule has 14 rings (SSSR count). The first-order valence-corrected chi connectivity index (χ1v) is 25.8. The molecule has 4 aliphatic rings. The first-order chi connectivity index (χ1) is 43.1. The van der Waals surface area contributed by atoms with Crippen LogP contribution in [0.15, 0.2) is 96.1 Å². The summed E-state index contributed by atoms with van der Waals surface area (Å²) in [6.45, 7) is -0.369. The summed E-state index contributed by atoms with van der Waals surface area (Å²) in [6, 6.07) is -2.44. The molecule has 0 saturated carbocycles. The van der Waals surface area contributed by atoms with Crippen molar-refractivity contribution in [1.29, 1.82) is 0 Å². The number of amidine groups is 1. The fourth-order valence-corrected chi connectivity index (χ4v) is 8.57. The standard InChI is InChI=1S/C10H14N4O4.C8H10N4O2.2C7H8N4O2.C5H6N4O3.C5H2N4O2.C5H4N4O/c1-12-8-7(9(17)13(2)10(12)18)14(5-11-8)3-6(16)4-15;1-10-4-9-6-5(10)7(13)12(3)8(14)11(6)2;1-10-3-8-5-4(10)6(12)9-7(13)11(5)2;1-10-5-4(8-3-9-5)6(12)11(2)7(10)13;10-3-1-2(7-4(11)6-1)8-5(12)9-3;10-4-2-3(7-1-6-2)8-5(11)9-4;10-5-3-4(7-1-6-3)8-2-9-5/h5-6,15-16H,3-4H2,1-2H3;4H,1-3H3;3H,1-2H3,(H,9,12,13);3H,1-2H3,(H,8,9);1-2H,(H2,6,7,11)(H2,8,9,10,12);1H,(H,9,10,11);1-2H,(H2,6,7,8,9,10). The Morgan fingerprint density at radius 1 is 0.527 bits per heavy atom. The molecule has 3 unspecified atom stereocenters. The molecule has 2 saturated heterocycles. The molecular formula is C47H52N28O16. The number of fused-ring (bicyclic) bond motifs is 7. The highest BCUT2D eigenvalue weighted by atomic mass is 16.3. The minimum Gasteiger partial charge on any atom is -0.394 e. The first kappa shape index (κ1) is 64.2. The molecular weight excluding hydrogens is 1210 g/mol. The van der Waals surface area contributed by atoms with E-state index in [-0.39, 0.29) is 57.3 Å². The molecule has 10 aromatic rings. The smallest absolute Gasteiger partial charge is 0.350 e. The molecule has 476 valence electrons. The van der Waals surface area contributed by atoms with Gasteiger partial charge < -0.3 is 54.8 Å². The summed E-state index contributed by atoms with van der Waals surface area (Å²) in [5.41, 5.74) is 0.472. The zero-order valence-electron chi connectivity index (χ0n) is 48.8. The van der Waals surface area contributed by atoms with Crippen LogP contribution in [0, 0.1) is 0 Å². The third kappa shape index (κ3) is 12.9. The molecule has 44 heteroatoms. The fourth-order valence-electron chi connectivity index (χ4n) is 8.57. The van der Waals surface area contributed by atoms with Crippen LogP contribution >= 0.6 is 0 Å². The van der Waals surface area contributed by atoms with E-state index in [1.807, 2.05) is 10.6 Å². The third-order valence-corrected chi connectivity index (χ3v) is 13.3. The van der Waals surface area contributed by atoms with Gasteiger partial charge in [0.25, 0.3) is 39.6 Å². The highest BCUT2D eigenvalue weighted by molar-refractivity contribution is 6.71. The van der Waals surface area contributed by atoms with Gasteiger partial charge in [-0.1, -0.05) is 0 Å². The lowest BCUT2D eigenvalue weighted by Gasteiger charge is -2.23. The van der Waals surface area contributed by atoms with Crippen molar-refractivity contribution in [1.82, 2.24) is 122 Å². The molecule has 2 fully saturated rings. The number of imidazole rings is 5. The van der Waals surface area contributed by atoms with Crippen molar-refractivity contribution in [3.8, 4) is 0 Å². The van der Waals surface area contributed by atoms with Gasteiger partial charge in [0, 0.05) is 63.4 Å². The van der Waals surface area contributed by atoms with E-state index < -0.39 is 77.3 Å². The van der Waals surface area contributed by atoms with Gasteiger partial charge in [0.2, 0.25) is 0 Å². The van der Waals surface area contributed by atoms with Crippen LogP contribution in [0.25, 0.3) is 55.8 Å². The average Bonchev–Trinajstić information content (AvgIpc) is 1.73. The zero-order chi connectivity index (χ0) is 66.6. The Bertz CT molecular complexity index is 5270. The van der Waals surface area contributed by atoms with Crippen molar-refractivity contribution >= 4 is 104 Å². The number of carbonyl (C=O) groups excluding carboxylic acids is 5. The largest absolute Gasteiger partial charge is 0.394 e. The summed E-state index contributed by atoms with van der Waals surface area (Å²) in [6.07, 6.45) is 8.12. The molecule has 91 heavy (non-hydrogen) atoms. The van der Waals surface area contributed by atoms with Crippen molar-refractivity contribution in [2.24, 2.45) is 78.4 Å². The van der Waals surface area contributed by atoms with Crippen LogP contribution in [0.3, 0.4) is 0 Å². The Morgan fingerprint density at radius 3 is 1.68 bits per heavy atom. The normalized spacial score (nSPS) is 15.4. The number of urea groups is 3. The van der Waals surface area contributed by atoms with E-state index in [2.05, 4.69) is 80.8 Å². The van der Waals surface area contributed by atoms with Crippen molar-refractivity contribution in [2.75, 3.05) is 6.61 Å². The summed E-state index contributed by atoms with van der Waals surface area (Å²) in [5.74, 6) is -0.946. The number of nitrogens with one attached hydrogen (secondary N) is 9. The van der Waals surface area contributed by atoms with Crippen molar-refractivity contribution in [3.63, 3.8) is 0 Å². The minimum absolute atomic E-state index is 0.0421. The van der Waals surface area contributed by atoms with E-state index >= 15 is 0 Å². The predicted molar refractivity (Wildman–Crippen MR) is 315 cm³/mol. The SMILES string of the molecule is Cn1c(=O)c2[nH]cnc2n(C)c1=O.Cn1c(=O)c2c(ncn2C)n(C)c1=O.Cn1c(=O)c2c(ncn2CC(O)CO)n(C)c1=O.Cn1cnc2c1c(=O)[nH]c(=O)n2C.O=C1N=C2N=CN=C2C(=O)N1.O=C1NC(=O)C2NC(=O)NC2N1.O=c1[nH]cnc2nc[nH]c12. The van der Waals surface area contributed by atoms with Crippen molar-refractivity contribution < 1.29 is 34.2 Å². The number of hydrogen-bond donors (Lipinski definition) is 11. The molecule has 4 aliphatic heterocycles. The topological polar surface area (TPSA) is 566 Å². The zero-order valence-corrected chi connectivity index (χ0v) is 48.8. The maximum absolute atomic E-state index is 12.0. The maximum Gasteiger partial charge on any atom is 0.350 e. The molecule has 8 amide bonds. The number of aromatic nitrogens is 20. The second kappa shape index (κ2) is 26.1. The number of aliphatic imine (C=N–C) groups is 3. The molecule has 14 heterocycles. The Balaban J connectivity index is 0.000000138. The highest BCUT2D eigenvalue weighted by Crippen LogP contribution is 2.08. The molecule has 0 aromatic carbocycles. The molecule has 0 spiro atoms. The lowest BCUT2D eigenvalue weighted by molar-refractivity contribution is -0.123. The summed E-state index contributed by atoms with van der Waals surface area (Å²) >= 11 is 0. The van der Waals surface area contributed by atoms with Gasteiger partial charge in [0.05, 0.1) is 57.2 Å². The number of aromatic amines is 4. The first-order valence-electron chi connectivity index (χ1n) is 25.8. The molecule has 0 aliphatic carbocycles. The van der Waals surface area contributed by atoms with Gasteiger partial charge in [0.15, 0.2) is 61.8 Å². The maximum atomic E-state index is 12.0.